The molecule has 0 fully saturated rings. The van der Waals surface area contributed by atoms with Crippen LogP contribution in [0.2, 0.25) is 0 Å². The van der Waals surface area contributed by atoms with Gasteiger partial charge < -0.3 is 10.3 Å². The zero-order chi connectivity index (χ0) is 12.5. The number of nitrogens with zero attached hydrogens (tertiary/aromatic N) is 2. The quantitative estimate of drug-likeness (QED) is 0.836. The molecule has 0 radical (unpaired) electrons. The van der Waals surface area contributed by atoms with Crippen molar-refractivity contribution in [2.75, 3.05) is 10.5 Å². The molecule has 90 valence electrons. The normalized spacial score (nSPS) is 11.4. The molecule has 2 heterocycles. The first kappa shape index (κ1) is 11.4. The summed E-state index contributed by atoms with van der Waals surface area (Å²) in [6.07, 6.45) is 2.95. The lowest BCUT2D eigenvalue weighted by Gasteiger charge is -2.06. The van der Waals surface area contributed by atoms with E-state index in [2.05, 4.69) is 14.9 Å². The topological polar surface area (TPSA) is 111 Å². The molecule has 0 saturated carbocycles. The summed E-state index contributed by atoms with van der Waals surface area (Å²) in [5.74, 6) is -0.0203. The first-order chi connectivity index (χ1) is 8.00. The number of nitrogens with two attached hydrogens (primary N) is 1. The molecule has 2 rings (SSSR count). The van der Waals surface area contributed by atoms with Crippen molar-refractivity contribution < 1.29 is 12.9 Å². The number of aromatic nitrogens is 2. The lowest BCUT2D eigenvalue weighted by molar-refractivity contribution is 0.396. The smallest absolute Gasteiger partial charge is 0.269 e. The van der Waals surface area contributed by atoms with Gasteiger partial charge in [-0.2, -0.15) is 0 Å². The number of nitrogen functional groups attached to an aromatic ring is 1. The largest absolute Gasteiger partial charge is 0.380 e. The van der Waals surface area contributed by atoms with Crippen LogP contribution in [0, 0.1) is 6.92 Å². The molecule has 0 amide bonds. The molecule has 0 spiro atoms. The Kier molecular flexibility index (Phi) is 2.72. The summed E-state index contributed by atoms with van der Waals surface area (Å²) >= 11 is 0. The second-order valence-corrected chi connectivity index (χ2v) is 4.91. The molecule has 17 heavy (non-hydrogen) atoms. The Bertz CT molecular complexity index is 601. The van der Waals surface area contributed by atoms with Crippen LogP contribution in [0.25, 0.3) is 0 Å². The molecule has 0 aliphatic heterocycles. The van der Waals surface area contributed by atoms with Gasteiger partial charge >= 0.3 is 0 Å². The molecule has 0 aromatic carbocycles. The van der Waals surface area contributed by atoms with Gasteiger partial charge in [0.2, 0.25) is 0 Å². The number of rotatable bonds is 3. The maximum atomic E-state index is 12.0. The van der Waals surface area contributed by atoms with Crippen LogP contribution in [-0.2, 0) is 10.0 Å². The summed E-state index contributed by atoms with van der Waals surface area (Å²) in [6.45, 7) is 1.48. The van der Waals surface area contributed by atoms with Crippen molar-refractivity contribution in [2.24, 2.45) is 0 Å². The number of pyridine rings is 1. The monoisotopic (exact) mass is 254 g/mol. The minimum absolute atomic E-state index is 0.143. The first-order valence-corrected chi connectivity index (χ1v) is 6.13. The molecule has 8 heteroatoms. The highest BCUT2D eigenvalue weighted by molar-refractivity contribution is 7.93. The summed E-state index contributed by atoms with van der Waals surface area (Å²) in [5, 5.41) is 3.40. The van der Waals surface area contributed by atoms with E-state index in [1.807, 2.05) is 0 Å². The van der Waals surface area contributed by atoms with Crippen molar-refractivity contribution in [1.29, 1.82) is 0 Å². The van der Waals surface area contributed by atoms with Gasteiger partial charge in [0.15, 0.2) is 16.5 Å². The van der Waals surface area contributed by atoms with E-state index in [-0.39, 0.29) is 16.5 Å². The third kappa shape index (κ3) is 2.21. The molecule has 0 bridgehead atoms. The van der Waals surface area contributed by atoms with E-state index in [0.29, 0.717) is 5.69 Å². The van der Waals surface area contributed by atoms with E-state index < -0.39 is 10.0 Å². The van der Waals surface area contributed by atoms with Gasteiger partial charge in [0, 0.05) is 12.4 Å². The Morgan fingerprint density at radius 3 is 2.53 bits per heavy atom. The van der Waals surface area contributed by atoms with Gasteiger partial charge in [-0.1, -0.05) is 5.16 Å². The van der Waals surface area contributed by atoms with Crippen molar-refractivity contribution in [3.05, 3.63) is 30.3 Å². The summed E-state index contributed by atoms with van der Waals surface area (Å²) in [4.78, 5) is 3.64. The molecular weight excluding hydrogens is 244 g/mol. The fourth-order valence-electron chi connectivity index (χ4n) is 1.33. The molecular formula is C9H10N4O3S. The Morgan fingerprint density at radius 1 is 1.35 bits per heavy atom. The van der Waals surface area contributed by atoms with E-state index in [9.17, 15) is 8.42 Å². The van der Waals surface area contributed by atoms with Crippen LogP contribution in [0.5, 0.6) is 0 Å². The van der Waals surface area contributed by atoms with Gasteiger partial charge in [-0.25, -0.2) is 8.42 Å². The molecule has 0 atom stereocenters. The minimum atomic E-state index is -3.79. The van der Waals surface area contributed by atoms with Crippen LogP contribution in [0.3, 0.4) is 0 Å². The van der Waals surface area contributed by atoms with Gasteiger partial charge in [0.05, 0.1) is 5.69 Å². The van der Waals surface area contributed by atoms with Crippen molar-refractivity contribution in [3.63, 3.8) is 0 Å². The number of anilines is 2. The molecule has 0 aliphatic rings. The minimum Gasteiger partial charge on any atom is -0.380 e. The van der Waals surface area contributed by atoms with Crippen LogP contribution in [-0.4, -0.2) is 18.6 Å². The molecule has 0 aliphatic carbocycles. The molecule has 0 saturated heterocycles. The predicted octanol–water partition coefficient (Wildman–Crippen LogP) is 0.761. The Hall–Kier alpha value is -2.09. The number of aryl methyl sites for hydroxylation is 1. The van der Waals surface area contributed by atoms with Gasteiger partial charge in [-0.15, -0.1) is 0 Å². The molecule has 3 N–H and O–H groups in total. The average molecular weight is 254 g/mol. The fraction of sp³-hybridized carbons (Fsp3) is 0.111. The van der Waals surface area contributed by atoms with E-state index >= 15 is 0 Å². The number of nitrogens with one attached hydrogen (secondary N) is 1. The van der Waals surface area contributed by atoms with Crippen LogP contribution >= 0.6 is 0 Å². The Balaban J connectivity index is 2.39. The van der Waals surface area contributed by atoms with Gasteiger partial charge in [-0.05, 0) is 19.1 Å². The Morgan fingerprint density at radius 2 is 2.00 bits per heavy atom. The summed E-state index contributed by atoms with van der Waals surface area (Å²) in [6, 6.07) is 3.05. The Labute approximate surface area is 97.7 Å². The van der Waals surface area contributed by atoms with Crippen LogP contribution in [0.1, 0.15) is 5.76 Å². The van der Waals surface area contributed by atoms with Crippen LogP contribution in [0.4, 0.5) is 11.5 Å². The fourth-order valence-corrected chi connectivity index (χ4v) is 2.61. The standard InChI is InChI=1S/C9H10N4O3S/c1-6-8(9(10)12-16-6)17(14,15)13-7-2-4-11-5-3-7/h2-5H,1H3,(H2,10,12)(H,11,13). The maximum Gasteiger partial charge on any atom is 0.269 e. The third-order valence-corrected chi connectivity index (χ3v) is 3.57. The second kappa shape index (κ2) is 4.06. The van der Waals surface area contributed by atoms with E-state index in [1.165, 1.54) is 31.5 Å². The molecule has 2 aromatic rings. The van der Waals surface area contributed by atoms with Gasteiger partial charge in [0.1, 0.15) is 0 Å². The number of hydrogen-bond acceptors (Lipinski definition) is 6. The highest BCUT2D eigenvalue weighted by Gasteiger charge is 2.24. The van der Waals surface area contributed by atoms with E-state index in [4.69, 9.17) is 10.3 Å². The summed E-state index contributed by atoms with van der Waals surface area (Å²) in [7, 11) is -3.79. The molecule has 0 unspecified atom stereocenters. The van der Waals surface area contributed by atoms with Crippen molar-refractivity contribution >= 4 is 21.5 Å². The van der Waals surface area contributed by atoms with Gasteiger partial charge in [-0.3, -0.25) is 9.71 Å². The van der Waals surface area contributed by atoms with Crippen LogP contribution < -0.4 is 10.5 Å². The van der Waals surface area contributed by atoms with Gasteiger partial charge in [0.25, 0.3) is 10.0 Å². The zero-order valence-electron chi connectivity index (χ0n) is 8.91. The summed E-state index contributed by atoms with van der Waals surface area (Å²) in [5.41, 5.74) is 5.83. The van der Waals surface area contributed by atoms with E-state index in [1.54, 1.807) is 0 Å². The number of sulfonamides is 1. The van der Waals surface area contributed by atoms with Crippen molar-refractivity contribution in [2.45, 2.75) is 11.8 Å². The van der Waals surface area contributed by atoms with Crippen molar-refractivity contribution in [3.8, 4) is 0 Å². The lowest BCUT2D eigenvalue weighted by atomic mass is 10.4. The molecule has 7 nitrogen and oxygen atoms in total. The second-order valence-electron chi connectivity index (χ2n) is 3.29. The zero-order valence-corrected chi connectivity index (χ0v) is 9.73. The van der Waals surface area contributed by atoms with Crippen molar-refractivity contribution in [1.82, 2.24) is 10.1 Å². The van der Waals surface area contributed by atoms with E-state index in [0.717, 1.165) is 0 Å². The third-order valence-electron chi connectivity index (χ3n) is 2.03. The number of hydrogen-bond donors (Lipinski definition) is 2. The molecule has 2 aromatic heterocycles. The highest BCUT2D eigenvalue weighted by Crippen LogP contribution is 2.23. The average Bonchev–Trinajstić information content (AvgIpc) is 2.59. The highest BCUT2D eigenvalue weighted by atomic mass is 32.2. The van der Waals surface area contributed by atoms with Crippen LogP contribution in [0.15, 0.2) is 33.9 Å². The first-order valence-electron chi connectivity index (χ1n) is 4.65. The predicted molar refractivity (Wildman–Crippen MR) is 60.7 cm³/mol. The summed E-state index contributed by atoms with van der Waals surface area (Å²) < 4.78 is 31.1. The SMILES string of the molecule is Cc1onc(N)c1S(=O)(=O)Nc1ccncc1. The maximum absolute atomic E-state index is 12.0. The lowest BCUT2D eigenvalue weighted by Crippen LogP contribution is -2.14.